The molecular formula is C10H15NO2. The van der Waals surface area contributed by atoms with E-state index in [0.29, 0.717) is 0 Å². The topological polar surface area (TPSA) is 38.3 Å². The van der Waals surface area contributed by atoms with Crippen molar-refractivity contribution in [1.82, 2.24) is 5.32 Å². The van der Waals surface area contributed by atoms with E-state index in [1.54, 1.807) is 0 Å². The first-order valence-electron chi connectivity index (χ1n) is 4.38. The predicted octanol–water partition coefficient (Wildman–Crippen LogP) is 1.53. The zero-order valence-electron chi connectivity index (χ0n) is 8.26. The lowest BCUT2D eigenvalue weighted by Gasteiger charge is -2.19. The van der Waals surface area contributed by atoms with E-state index in [1.807, 2.05) is 20.8 Å². The van der Waals surface area contributed by atoms with Crippen LogP contribution in [-0.4, -0.2) is 17.7 Å². The summed E-state index contributed by atoms with van der Waals surface area (Å²) in [4.78, 5) is 11.2. The molecule has 0 saturated heterocycles. The van der Waals surface area contributed by atoms with Crippen LogP contribution in [0.1, 0.15) is 27.2 Å². The van der Waals surface area contributed by atoms with Crippen molar-refractivity contribution >= 4 is 6.09 Å². The molecule has 3 nitrogen and oxygen atoms in total. The smallest absolute Gasteiger partial charge is 0.407 e. The molecule has 0 bridgehead atoms. The van der Waals surface area contributed by atoms with Gasteiger partial charge in [-0.1, -0.05) is 0 Å². The fourth-order valence-corrected chi connectivity index (χ4v) is 0.998. The van der Waals surface area contributed by atoms with Gasteiger partial charge in [0.15, 0.2) is 0 Å². The molecule has 0 radical (unpaired) electrons. The van der Waals surface area contributed by atoms with E-state index >= 15 is 0 Å². The van der Waals surface area contributed by atoms with Gasteiger partial charge in [0.1, 0.15) is 5.60 Å². The molecule has 1 amide bonds. The van der Waals surface area contributed by atoms with Crippen LogP contribution in [0.15, 0.2) is 0 Å². The molecule has 13 heavy (non-hydrogen) atoms. The third-order valence-electron chi connectivity index (χ3n) is 1.71. The molecule has 0 aromatic rings. The van der Waals surface area contributed by atoms with Gasteiger partial charge in [-0.3, -0.25) is 0 Å². The van der Waals surface area contributed by atoms with Gasteiger partial charge in [0.25, 0.3) is 0 Å². The summed E-state index contributed by atoms with van der Waals surface area (Å²) in [6, 6.07) is 0.125. The lowest BCUT2D eigenvalue weighted by atomic mass is 10.2. The zero-order chi connectivity index (χ0) is 10.1. The summed E-state index contributed by atoms with van der Waals surface area (Å²) in [5, 5.41) is 2.71. The third-order valence-corrected chi connectivity index (χ3v) is 1.71. The Hall–Kier alpha value is -1.17. The largest absolute Gasteiger partial charge is 0.444 e. The summed E-state index contributed by atoms with van der Waals surface area (Å²) in [5.74, 6) is 2.79. The Morgan fingerprint density at radius 2 is 2.23 bits per heavy atom. The molecule has 1 N–H and O–H groups in total. The second-order valence-corrected chi connectivity index (χ2v) is 4.26. The molecule has 3 heteroatoms. The molecule has 2 atom stereocenters. The maximum atomic E-state index is 11.2. The van der Waals surface area contributed by atoms with E-state index in [-0.39, 0.29) is 18.1 Å². The molecule has 1 saturated carbocycles. The van der Waals surface area contributed by atoms with Gasteiger partial charge in [0.05, 0.1) is 0 Å². The maximum absolute atomic E-state index is 11.2. The van der Waals surface area contributed by atoms with E-state index in [2.05, 4.69) is 11.2 Å². The van der Waals surface area contributed by atoms with Crippen LogP contribution in [0.25, 0.3) is 0 Å². The Labute approximate surface area is 78.8 Å². The summed E-state index contributed by atoms with van der Waals surface area (Å²) in [7, 11) is 0. The van der Waals surface area contributed by atoms with Crippen molar-refractivity contribution in [2.24, 2.45) is 5.92 Å². The molecule has 0 spiro atoms. The number of terminal acetylenes is 1. The molecule has 1 aliphatic rings. The van der Waals surface area contributed by atoms with Gasteiger partial charge in [0.2, 0.25) is 0 Å². The van der Waals surface area contributed by atoms with Gasteiger partial charge in [-0.15, -0.1) is 12.3 Å². The first kappa shape index (κ1) is 9.91. The van der Waals surface area contributed by atoms with Crippen molar-refractivity contribution < 1.29 is 9.53 Å². The van der Waals surface area contributed by atoms with E-state index in [4.69, 9.17) is 11.2 Å². The van der Waals surface area contributed by atoms with E-state index in [9.17, 15) is 4.79 Å². The molecule has 0 heterocycles. The van der Waals surface area contributed by atoms with Crippen LogP contribution in [0, 0.1) is 18.3 Å². The van der Waals surface area contributed by atoms with Crippen LogP contribution in [0.2, 0.25) is 0 Å². The lowest BCUT2D eigenvalue weighted by molar-refractivity contribution is 0.0522. The van der Waals surface area contributed by atoms with Gasteiger partial charge in [-0.2, -0.15) is 0 Å². The first-order valence-corrected chi connectivity index (χ1v) is 4.38. The molecule has 0 unspecified atom stereocenters. The Morgan fingerprint density at radius 3 is 2.62 bits per heavy atom. The summed E-state index contributed by atoms with van der Waals surface area (Å²) in [6.45, 7) is 5.49. The zero-order valence-corrected chi connectivity index (χ0v) is 8.26. The summed E-state index contributed by atoms with van der Waals surface area (Å²) in [5.41, 5.74) is -0.440. The van der Waals surface area contributed by atoms with E-state index in [0.717, 1.165) is 6.42 Å². The minimum atomic E-state index is -0.440. The van der Waals surface area contributed by atoms with Crippen LogP contribution < -0.4 is 5.32 Å². The average molecular weight is 181 g/mol. The average Bonchev–Trinajstić information content (AvgIpc) is 2.62. The standard InChI is InChI=1S/C10H15NO2/c1-5-7-6-8(7)11-9(12)13-10(2,3)4/h1,7-8H,6H2,2-4H3,(H,11,12)/t7-,8-/m1/s1. The SMILES string of the molecule is C#C[C@@H]1C[C@H]1NC(=O)OC(C)(C)C. The molecule has 1 fully saturated rings. The second kappa shape index (κ2) is 3.29. The number of ether oxygens (including phenoxy) is 1. The van der Waals surface area contributed by atoms with Crippen LogP contribution in [0.4, 0.5) is 4.79 Å². The molecule has 0 aromatic heterocycles. The minimum Gasteiger partial charge on any atom is -0.444 e. The number of alkyl carbamates (subject to hydrolysis) is 1. The second-order valence-electron chi connectivity index (χ2n) is 4.26. The van der Waals surface area contributed by atoms with Crippen molar-refractivity contribution in [2.75, 3.05) is 0 Å². The van der Waals surface area contributed by atoms with E-state index < -0.39 is 5.60 Å². The number of carbonyl (C=O) groups is 1. The number of nitrogens with one attached hydrogen (secondary N) is 1. The van der Waals surface area contributed by atoms with Gasteiger partial charge >= 0.3 is 6.09 Å². The highest BCUT2D eigenvalue weighted by Crippen LogP contribution is 2.29. The van der Waals surface area contributed by atoms with Crippen molar-refractivity contribution in [3.63, 3.8) is 0 Å². The Kier molecular flexibility index (Phi) is 2.51. The van der Waals surface area contributed by atoms with Gasteiger partial charge in [-0.25, -0.2) is 4.79 Å². The number of hydrogen-bond donors (Lipinski definition) is 1. The summed E-state index contributed by atoms with van der Waals surface area (Å²) < 4.78 is 5.06. The van der Waals surface area contributed by atoms with Crippen LogP contribution in [-0.2, 0) is 4.74 Å². The highest BCUT2D eigenvalue weighted by molar-refractivity contribution is 5.68. The van der Waals surface area contributed by atoms with Gasteiger partial charge in [0, 0.05) is 12.0 Å². The van der Waals surface area contributed by atoms with Crippen molar-refractivity contribution in [2.45, 2.75) is 38.8 Å². The number of amides is 1. The fourth-order valence-electron chi connectivity index (χ4n) is 0.998. The molecule has 0 aromatic carbocycles. The molecule has 1 aliphatic carbocycles. The van der Waals surface area contributed by atoms with Crippen molar-refractivity contribution in [3.8, 4) is 12.3 Å². The Bertz CT molecular complexity index is 247. The third kappa shape index (κ3) is 3.37. The van der Waals surface area contributed by atoms with E-state index in [1.165, 1.54) is 0 Å². The van der Waals surface area contributed by atoms with Crippen LogP contribution in [0.5, 0.6) is 0 Å². The maximum Gasteiger partial charge on any atom is 0.407 e. The minimum absolute atomic E-state index is 0.125. The normalized spacial score (nSPS) is 26.0. The number of carbonyl (C=O) groups excluding carboxylic acids is 1. The Balaban J connectivity index is 2.25. The summed E-state index contributed by atoms with van der Waals surface area (Å²) in [6.07, 6.45) is 5.68. The monoisotopic (exact) mass is 181 g/mol. The lowest BCUT2D eigenvalue weighted by Crippen LogP contribution is -2.34. The highest BCUT2D eigenvalue weighted by atomic mass is 16.6. The highest BCUT2D eigenvalue weighted by Gasteiger charge is 2.37. The predicted molar refractivity (Wildman–Crippen MR) is 50.1 cm³/mol. The van der Waals surface area contributed by atoms with Crippen LogP contribution >= 0.6 is 0 Å². The van der Waals surface area contributed by atoms with Gasteiger partial charge < -0.3 is 10.1 Å². The van der Waals surface area contributed by atoms with Gasteiger partial charge in [-0.05, 0) is 27.2 Å². The molecule has 72 valence electrons. The van der Waals surface area contributed by atoms with Crippen molar-refractivity contribution in [3.05, 3.63) is 0 Å². The number of rotatable bonds is 1. The van der Waals surface area contributed by atoms with Crippen molar-refractivity contribution in [1.29, 1.82) is 0 Å². The summed E-state index contributed by atoms with van der Waals surface area (Å²) >= 11 is 0. The number of hydrogen-bond acceptors (Lipinski definition) is 2. The van der Waals surface area contributed by atoms with Crippen LogP contribution in [0.3, 0.4) is 0 Å². The molecule has 1 rings (SSSR count). The fraction of sp³-hybridized carbons (Fsp3) is 0.700. The quantitative estimate of drug-likeness (QED) is 0.623. The first-order chi connectivity index (χ1) is 5.92. The molecule has 0 aliphatic heterocycles. The Morgan fingerprint density at radius 1 is 1.62 bits per heavy atom. The molecular weight excluding hydrogens is 166 g/mol.